The van der Waals surface area contributed by atoms with Crippen LogP contribution in [-0.4, -0.2) is 64.8 Å². The Morgan fingerprint density at radius 1 is 0.647 bits per heavy atom. The van der Waals surface area contributed by atoms with Crippen molar-refractivity contribution in [2.75, 3.05) is 19.1 Å². The van der Waals surface area contributed by atoms with Crippen LogP contribution < -0.4 is 18.6 Å². The van der Waals surface area contributed by atoms with E-state index in [0.29, 0.717) is 40.3 Å². The first-order valence-corrected chi connectivity index (χ1v) is 35.3. The molecule has 0 heterocycles. The van der Waals surface area contributed by atoms with Crippen LogP contribution >= 0.6 is 0 Å². The number of rotatable bonds is 22. The van der Waals surface area contributed by atoms with Crippen LogP contribution in [0.25, 0.3) is 17.2 Å². The summed E-state index contributed by atoms with van der Waals surface area (Å²) >= 11 is 0. The number of ether oxygens (including phenoxy) is 3. The normalized spacial score (nSPS) is 14.1. The van der Waals surface area contributed by atoms with Crippen molar-refractivity contribution in [2.24, 2.45) is 0 Å². The zero-order chi connectivity index (χ0) is 50.2. The molecule has 1 aliphatic carbocycles. The summed E-state index contributed by atoms with van der Waals surface area (Å²) in [5.74, 6) is 1.86. The molecule has 5 rings (SSSR count). The fourth-order valence-electron chi connectivity index (χ4n) is 8.26. The molecule has 0 saturated heterocycles. The highest BCUT2D eigenvalue weighted by Crippen LogP contribution is 2.46. The van der Waals surface area contributed by atoms with Gasteiger partial charge in [0.25, 0.3) is 8.32 Å². The summed E-state index contributed by atoms with van der Waals surface area (Å²) in [4.78, 5) is 26.3. The lowest BCUT2D eigenvalue weighted by atomic mass is 10.0. The SMILES string of the molecule is CC(C)[Si](Oc1ccc(C(=O)Oc2ccc(OC(=O)/C=C/c3ccc(-c4ccc(OCC[SiH](CO[Si](C)(C)C(C)(C)C)CO[Si](C)(C)C(C)(C)C)cc4)cc3)c(C3CC3)c2)cc1)(C(C)C)C(C)C. The van der Waals surface area contributed by atoms with Gasteiger partial charge in [0, 0.05) is 24.1 Å². The Hall–Kier alpha value is -4.05. The Morgan fingerprint density at radius 2 is 1.13 bits per heavy atom. The second-order valence-corrected chi connectivity index (χ2v) is 40.8. The van der Waals surface area contributed by atoms with Crippen LogP contribution in [0.1, 0.15) is 123 Å². The molecule has 12 heteroatoms. The van der Waals surface area contributed by atoms with E-state index in [4.69, 9.17) is 27.5 Å². The second-order valence-electron chi connectivity index (χ2n) is 22.9. The van der Waals surface area contributed by atoms with Gasteiger partial charge in [0.05, 0.1) is 21.0 Å². The summed E-state index contributed by atoms with van der Waals surface area (Å²) in [6.45, 7) is 37.3. The second kappa shape index (κ2) is 22.8. The molecule has 0 aromatic heterocycles. The van der Waals surface area contributed by atoms with Crippen LogP contribution in [-0.2, 0) is 13.6 Å². The van der Waals surface area contributed by atoms with Gasteiger partial charge >= 0.3 is 11.9 Å². The zero-order valence-corrected chi connectivity index (χ0v) is 48.4. The summed E-state index contributed by atoms with van der Waals surface area (Å²) in [5.41, 5.74) is 5.65. The largest absolute Gasteiger partial charge is 0.543 e. The van der Waals surface area contributed by atoms with E-state index in [0.717, 1.165) is 65.1 Å². The maximum atomic E-state index is 13.2. The number of hydrogen-bond acceptors (Lipinski definition) is 8. The molecule has 0 spiro atoms. The molecule has 1 aliphatic rings. The quantitative estimate of drug-likeness (QED) is 0.0333. The summed E-state index contributed by atoms with van der Waals surface area (Å²) in [7, 11) is -7.25. The lowest BCUT2D eigenvalue weighted by Crippen LogP contribution is -2.50. The van der Waals surface area contributed by atoms with Crippen LogP contribution in [0.15, 0.2) is 97.1 Å². The first kappa shape index (κ1) is 54.9. The molecule has 0 aliphatic heterocycles. The molecule has 68 heavy (non-hydrogen) atoms. The smallest absolute Gasteiger partial charge is 0.343 e. The third-order valence-corrected chi connectivity index (χ3v) is 32.8. The Morgan fingerprint density at radius 3 is 1.62 bits per heavy atom. The summed E-state index contributed by atoms with van der Waals surface area (Å²) in [6.07, 6.45) is 6.81. The minimum atomic E-state index is -2.12. The summed E-state index contributed by atoms with van der Waals surface area (Å²) in [5, 5.41) is 0.340. The number of benzene rings is 4. The number of hydrogen-bond donors (Lipinski definition) is 0. The predicted molar refractivity (Wildman–Crippen MR) is 292 cm³/mol. The number of carbonyl (C=O) groups excluding carboxylic acids is 2. The first-order valence-electron chi connectivity index (χ1n) is 24.9. The van der Waals surface area contributed by atoms with E-state index in [-0.39, 0.29) is 16.0 Å². The van der Waals surface area contributed by atoms with Crippen LogP contribution in [0.3, 0.4) is 0 Å². The molecule has 370 valence electrons. The highest BCUT2D eigenvalue weighted by atomic mass is 28.4. The molecule has 1 fully saturated rings. The van der Waals surface area contributed by atoms with Gasteiger partial charge in [-0.15, -0.1) is 0 Å². The maximum Gasteiger partial charge on any atom is 0.343 e. The van der Waals surface area contributed by atoms with Gasteiger partial charge in [-0.3, -0.25) is 0 Å². The van der Waals surface area contributed by atoms with Crippen LogP contribution in [0, 0.1) is 0 Å². The number of esters is 2. The van der Waals surface area contributed by atoms with E-state index < -0.39 is 45.7 Å². The zero-order valence-electron chi connectivity index (χ0n) is 44.2. The van der Waals surface area contributed by atoms with Gasteiger partial charge in [-0.25, -0.2) is 9.59 Å². The molecule has 1 saturated carbocycles. The van der Waals surface area contributed by atoms with Crippen molar-refractivity contribution in [1.29, 1.82) is 0 Å². The maximum absolute atomic E-state index is 13.2. The molecule has 0 atom stereocenters. The monoisotopic (exact) mass is 995 g/mol. The van der Waals surface area contributed by atoms with Gasteiger partial charge in [-0.05, 0) is 155 Å². The van der Waals surface area contributed by atoms with Gasteiger partial charge < -0.3 is 27.5 Å². The summed E-state index contributed by atoms with van der Waals surface area (Å²) in [6, 6.07) is 29.8. The molecule has 4 aromatic rings. The number of carbonyl (C=O) groups is 2. The topological polar surface area (TPSA) is 89.5 Å². The Bertz CT molecular complexity index is 2250. The van der Waals surface area contributed by atoms with Crippen molar-refractivity contribution in [3.8, 4) is 34.1 Å². The van der Waals surface area contributed by atoms with Crippen LogP contribution in [0.2, 0.25) is 58.9 Å². The lowest BCUT2D eigenvalue weighted by Gasteiger charge is -2.42. The van der Waals surface area contributed by atoms with Crippen molar-refractivity contribution < 1.29 is 37.1 Å². The van der Waals surface area contributed by atoms with E-state index in [2.05, 4.69) is 121 Å². The van der Waals surface area contributed by atoms with Gasteiger partial charge in [0.2, 0.25) is 0 Å². The Labute approximate surface area is 414 Å². The van der Waals surface area contributed by atoms with E-state index in [1.807, 2.05) is 54.6 Å². The highest BCUT2D eigenvalue weighted by Gasteiger charge is 2.47. The molecule has 8 nitrogen and oxygen atoms in total. The van der Waals surface area contributed by atoms with Gasteiger partial charge in [-0.2, -0.15) is 0 Å². The molecule has 0 bridgehead atoms. The van der Waals surface area contributed by atoms with Crippen molar-refractivity contribution in [1.82, 2.24) is 0 Å². The van der Waals surface area contributed by atoms with Gasteiger partial charge in [-0.1, -0.05) is 119 Å². The minimum absolute atomic E-state index is 0.170. The van der Waals surface area contributed by atoms with E-state index in [1.165, 1.54) is 6.08 Å². The highest BCUT2D eigenvalue weighted by molar-refractivity contribution is 6.78. The van der Waals surface area contributed by atoms with Crippen molar-refractivity contribution in [2.45, 2.75) is 161 Å². The average Bonchev–Trinajstić information content (AvgIpc) is 4.11. The fourth-order valence-corrected chi connectivity index (χ4v) is 20.5. The van der Waals surface area contributed by atoms with Crippen LogP contribution in [0.4, 0.5) is 0 Å². The van der Waals surface area contributed by atoms with E-state index in [9.17, 15) is 9.59 Å². The lowest BCUT2D eigenvalue weighted by molar-refractivity contribution is -0.128. The predicted octanol–water partition coefficient (Wildman–Crippen LogP) is 15.4. The first-order chi connectivity index (χ1) is 31.7. The van der Waals surface area contributed by atoms with Crippen molar-refractivity contribution in [3.63, 3.8) is 0 Å². The molecule has 0 amide bonds. The molecule has 0 unspecified atom stereocenters. The fraction of sp³-hybridized carbons (Fsp3) is 0.500. The minimum Gasteiger partial charge on any atom is -0.543 e. The molecule has 4 aromatic carbocycles. The molecular weight excluding hydrogens is 913 g/mol. The van der Waals surface area contributed by atoms with Gasteiger partial charge in [0.1, 0.15) is 23.0 Å². The van der Waals surface area contributed by atoms with Crippen molar-refractivity contribution in [3.05, 3.63) is 114 Å². The van der Waals surface area contributed by atoms with E-state index >= 15 is 0 Å². The Kier molecular flexibility index (Phi) is 18.4. The average molecular weight is 996 g/mol. The standard InChI is InChI=1S/C56H82O8Si4/c1-40(2)68(41(3)4,42(5)6)64-49-30-26-47(27-31-49)54(58)62-50-32-33-52(51(37-50)46-22-23-46)63-53(57)34-19-43-17-20-44(21-18-43)45-24-28-48(29-25-45)59-35-36-65(38-60-66(13,14)55(7,8)9)39-61-67(15,16)56(10,11)12/h17-21,24-34,37,40-42,46,65H,22-23,35-36,38-39H2,1-16H3/b34-19+. The third-order valence-electron chi connectivity index (χ3n) is 14.8. The van der Waals surface area contributed by atoms with E-state index in [1.54, 1.807) is 30.3 Å². The third kappa shape index (κ3) is 14.5. The molecule has 0 radical (unpaired) electrons. The summed E-state index contributed by atoms with van der Waals surface area (Å²) < 4.78 is 38.2. The van der Waals surface area contributed by atoms with Crippen LogP contribution in [0.5, 0.6) is 23.0 Å². The Balaban J connectivity index is 1.13. The van der Waals surface area contributed by atoms with Gasteiger partial charge in [0.15, 0.2) is 16.6 Å². The van der Waals surface area contributed by atoms with Crippen molar-refractivity contribution >= 4 is 51.8 Å². The molecule has 0 N–H and O–H groups in total. The molecular formula is C56H82O8Si4.